The second-order valence-corrected chi connectivity index (χ2v) is 3.65. The van der Waals surface area contributed by atoms with Gasteiger partial charge in [0, 0.05) is 18.0 Å². The molecule has 0 radical (unpaired) electrons. The summed E-state index contributed by atoms with van der Waals surface area (Å²) >= 11 is 0. The molecule has 1 aliphatic rings. The molecule has 86 valence electrons. The van der Waals surface area contributed by atoms with Crippen LogP contribution in [0.4, 0.5) is 5.82 Å². The maximum Gasteiger partial charge on any atom is 0.162 e. The Labute approximate surface area is 98.2 Å². The van der Waals surface area contributed by atoms with E-state index in [4.69, 9.17) is 15.2 Å². The first-order chi connectivity index (χ1) is 8.34. The van der Waals surface area contributed by atoms with Crippen LogP contribution in [0.2, 0.25) is 0 Å². The Kier molecular flexibility index (Phi) is 2.29. The van der Waals surface area contributed by atoms with Gasteiger partial charge in [-0.25, -0.2) is 4.98 Å². The summed E-state index contributed by atoms with van der Waals surface area (Å²) < 4.78 is 11.0. The molecular formula is C12H11N3O2. The van der Waals surface area contributed by atoms with Crippen molar-refractivity contribution in [2.75, 3.05) is 18.9 Å². The molecule has 1 aromatic carbocycles. The van der Waals surface area contributed by atoms with Crippen LogP contribution in [0.25, 0.3) is 11.3 Å². The highest BCUT2D eigenvalue weighted by atomic mass is 16.6. The van der Waals surface area contributed by atoms with Gasteiger partial charge in [0.1, 0.15) is 24.7 Å². The molecule has 5 heteroatoms. The van der Waals surface area contributed by atoms with E-state index in [0.29, 0.717) is 24.7 Å². The third kappa shape index (κ3) is 1.75. The number of anilines is 1. The van der Waals surface area contributed by atoms with Crippen molar-refractivity contribution in [1.82, 2.24) is 9.97 Å². The van der Waals surface area contributed by atoms with Crippen molar-refractivity contribution in [2.45, 2.75) is 0 Å². The summed E-state index contributed by atoms with van der Waals surface area (Å²) in [5, 5.41) is 0. The van der Waals surface area contributed by atoms with Crippen molar-refractivity contribution in [3.8, 4) is 22.8 Å². The van der Waals surface area contributed by atoms with E-state index < -0.39 is 0 Å². The molecule has 3 rings (SSSR count). The molecule has 0 aliphatic carbocycles. The molecule has 17 heavy (non-hydrogen) atoms. The van der Waals surface area contributed by atoms with E-state index in [0.717, 1.165) is 17.1 Å². The third-order valence-electron chi connectivity index (χ3n) is 2.54. The summed E-state index contributed by atoms with van der Waals surface area (Å²) in [6.07, 6.45) is 3.18. The highest BCUT2D eigenvalue weighted by molar-refractivity contribution is 5.71. The Balaban J connectivity index is 2.07. The molecule has 0 unspecified atom stereocenters. The smallest absolute Gasteiger partial charge is 0.162 e. The molecule has 0 bridgehead atoms. The molecule has 0 fully saturated rings. The van der Waals surface area contributed by atoms with Crippen molar-refractivity contribution >= 4 is 5.82 Å². The van der Waals surface area contributed by atoms with Crippen molar-refractivity contribution in [3.05, 3.63) is 30.6 Å². The second kappa shape index (κ2) is 3.93. The van der Waals surface area contributed by atoms with Gasteiger partial charge >= 0.3 is 0 Å². The quantitative estimate of drug-likeness (QED) is 0.802. The van der Waals surface area contributed by atoms with E-state index in [1.165, 1.54) is 0 Å². The fourth-order valence-corrected chi connectivity index (χ4v) is 1.76. The van der Waals surface area contributed by atoms with Gasteiger partial charge in [-0.3, -0.25) is 4.98 Å². The van der Waals surface area contributed by atoms with Crippen LogP contribution in [-0.4, -0.2) is 23.2 Å². The minimum Gasteiger partial charge on any atom is -0.486 e. The van der Waals surface area contributed by atoms with E-state index >= 15 is 0 Å². The second-order valence-electron chi connectivity index (χ2n) is 3.65. The van der Waals surface area contributed by atoms with Crippen molar-refractivity contribution < 1.29 is 9.47 Å². The fraction of sp³-hybridized carbons (Fsp3) is 0.167. The Bertz CT molecular complexity index is 557. The van der Waals surface area contributed by atoms with Gasteiger partial charge in [-0.1, -0.05) is 0 Å². The van der Waals surface area contributed by atoms with Gasteiger partial charge in [-0.2, -0.15) is 0 Å². The number of aromatic nitrogens is 2. The predicted molar refractivity (Wildman–Crippen MR) is 62.9 cm³/mol. The normalized spacial score (nSPS) is 13.4. The largest absolute Gasteiger partial charge is 0.486 e. The summed E-state index contributed by atoms with van der Waals surface area (Å²) in [6.45, 7) is 1.14. The number of hydrogen-bond acceptors (Lipinski definition) is 5. The molecule has 0 saturated carbocycles. The van der Waals surface area contributed by atoms with Crippen LogP contribution in [0.5, 0.6) is 11.5 Å². The van der Waals surface area contributed by atoms with Crippen LogP contribution < -0.4 is 15.2 Å². The van der Waals surface area contributed by atoms with Crippen molar-refractivity contribution in [2.24, 2.45) is 0 Å². The molecule has 2 heterocycles. The number of benzene rings is 1. The number of nitrogen functional groups attached to an aromatic ring is 1. The molecule has 2 N–H and O–H groups in total. The molecule has 0 spiro atoms. The van der Waals surface area contributed by atoms with Crippen LogP contribution in [0.3, 0.4) is 0 Å². The molecular weight excluding hydrogens is 218 g/mol. The van der Waals surface area contributed by atoms with Gasteiger partial charge in [-0.05, 0) is 18.2 Å². The van der Waals surface area contributed by atoms with E-state index in [-0.39, 0.29) is 0 Å². The average molecular weight is 229 g/mol. The summed E-state index contributed by atoms with van der Waals surface area (Å²) in [5.74, 6) is 1.88. The zero-order chi connectivity index (χ0) is 11.7. The molecule has 5 nitrogen and oxygen atoms in total. The Morgan fingerprint density at radius 3 is 2.59 bits per heavy atom. The molecule has 0 saturated heterocycles. The standard InChI is InChI=1S/C12H11N3O2/c13-12-11(14-3-4-15-12)8-1-2-9-10(7-8)17-6-5-16-9/h1-4,7H,5-6H2,(H2,13,15). The monoisotopic (exact) mass is 229 g/mol. The first-order valence-electron chi connectivity index (χ1n) is 5.31. The zero-order valence-corrected chi connectivity index (χ0v) is 9.09. The summed E-state index contributed by atoms with van der Waals surface area (Å²) in [7, 11) is 0. The third-order valence-corrected chi connectivity index (χ3v) is 2.54. The maximum absolute atomic E-state index is 5.78. The lowest BCUT2D eigenvalue weighted by atomic mass is 10.1. The van der Waals surface area contributed by atoms with E-state index in [1.54, 1.807) is 12.4 Å². The minimum absolute atomic E-state index is 0.407. The average Bonchev–Trinajstić information content (AvgIpc) is 2.39. The van der Waals surface area contributed by atoms with Gasteiger partial charge in [0.2, 0.25) is 0 Å². The van der Waals surface area contributed by atoms with Crippen LogP contribution in [-0.2, 0) is 0 Å². The summed E-state index contributed by atoms with van der Waals surface area (Å²) in [4.78, 5) is 8.22. The van der Waals surface area contributed by atoms with Crippen LogP contribution in [0.15, 0.2) is 30.6 Å². The number of ether oxygens (including phenoxy) is 2. The van der Waals surface area contributed by atoms with E-state index in [2.05, 4.69) is 9.97 Å². The summed E-state index contributed by atoms with van der Waals surface area (Å²) in [6, 6.07) is 5.63. The van der Waals surface area contributed by atoms with Gasteiger partial charge in [0.05, 0.1) is 0 Å². The van der Waals surface area contributed by atoms with E-state index in [9.17, 15) is 0 Å². The van der Waals surface area contributed by atoms with Crippen molar-refractivity contribution in [3.63, 3.8) is 0 Å². The number of nitrogens with two attached hydrogens (primary N) is 1. The molecule has 2 aromatic rings. The number of nitrogens with zero attached hydrogens (tertiary/aromatic N) is 2. The first-order valence-corrected chi connectivity index (χ1v) is 5.31. The minimum atomic E-state index is 0.407. The van der Waals surface area contributed by atoms with Crippen LogP contribution in [0, 0.1) is 0 Å². The van der Waals surface area contributed by atoms with Gasteiger partial charge < -0.3 is 15.2 Å². The van der Waals surface area contributed by atoms with E-state index in [1.807, 2.05) is 18.2 Å². The molecule has 1 aliphatic heterocycles. The van der Waals surface area contributed by atoms with Gasteiger partial charge in [-0.15, -0.1) is 0 Å². The van der Waals surface area contributed by atoms with Crippen LogP contribution >= 0.6 is 0 Å². The highest BCUT2D eigenvalue weighted by Gasteiger charge is 2.14. The SMILES string of the molecule is Nc1nccnc1-c1ccc2c(c1)OCCO2. The maximum atomic E-state index is 5.78. The Morgan fingerprint density at radius 2 is 1.76 bits per heavy atom. The molecule has 1 aromatic heterocycles. The Hall–Kier alpha value is -2.30. The van der Waals surface area contributed by atoms with Crippen molar-refractivity contribution in [1.29, 1.82) is 0 Å². The lowest BCUT2D eigenvalue weighted by Gasteiger charge is -2.18. The number of hydrogen-bond donors (Lipinski definition) is 1. The highest BCUT2D eigenvalue weighted by Crippen LogP contribution is 2.34. The predicted octanol–water partition coefficient (Wildman–Crippen LogP) is 1.50. The fourth-order valence-electron chi connectivity index (χ4n) is 1.76. The topological polar surface area (TPSA) is 70.3 Å². The number of fused-ring (bicyclic) bond motifs is 1. The zero-order valence-electron chi connectivity index (χ0n) is 9.09. The lowest BCUT2D eigenvalue weighted by molar-refractivity contribution is 0.171. The van der Waals surface area contributed by atoms with Crippen LogP contribution in [0.1, 0.15) is 0 Å². The van der Waals surface area contributed by atoms with Gasteiger partial charge in [0.25, 0.3) is 0 Å². The lowest BCUT2D eigenvalue weighted by Crippen LogP contribution is -2.15. The first kappa shape index (κ1) is 9.89. The Morgan fingerprint density at radius 1 is 1.00 bits per heavy atom. The number of rotatable bonds is 1. The molecule has 0 atom stereocenters. The summed E-state index contributed by atoms with van der Waals surface area (Å²) in [5.41, 5.74) is 7.31. The molecule has 0 amide bonds. The van der Waals surface area contributed by atoms with Gasteiger partial charge in [0.15, 0.2) is 11.5 Å².